The maximum absolute atomic E-state index is 13.1. The summed E-state index contributed by atoms with van der Waals surface area (Å²) < 4.78 is 45.3. The molecule has 0 aliphatic heterocycles. The fraction of sp³-hybridized carbons (Fsp3) is 0.211. The van der Waals surface area contributed by atoms with Gasteiger partial charge in [-0.05, 0) is 55.8 Å². The van der Waals surface area contributed by atoms with Gasteiger partial charge in [0.25, 0.3) is 10.0 Å². The van der Waals surface area contributed by atoms with Crippen molar-refractivity contribution in [2.45, 2.75) is 18.7 Å². The Morgan fingerprint density at radius 2 is 1.88 bits per heavy atom. The van der Waals surface area contributed by atoms with Gasteiger partial charge < -0.3 is 4.74 Å². The number of hydrogen-bond acceptors (Lipinski definition) is 4. The van der Waals surface area contributed by atoms with Crippen LogP contribution in [-0.2, 0) is 14.8 Å². The Labute approximate surface area is 152 Å². The first-order valence-corrected chi connectivity index (χ1v) is 9.42. The number of benzene rings is 2. The van der Waals surface area contributed by atoms with E-state index in [1.165, 1.54) is 24.3 Å². The van der Waals surface area contributed by atoms with E-state index in [9.17, 15) is 17.6 Å². The molecule has 2 aromatic carbocycles. The fourth-order valence-electron chi connectivity index (χ4n) is 2.40. The quantitative estimate of drug-likeness (QED) is 0.545. The van der Waals surface area contributed by atoms with E-state index < -0.39 is 21.8 Å². The summed E-state index contributed by atoms with van der Waals surface area (Å²) >= 11 is 0. The lowest BCUT2D eigenvalue weighted by Gasteiger charge is -2.25. The van der Waals surface area contributed by atoms with Crippen molar-refractivity contribution in [3.05, 3.63) is 72.1 Å². The first kappa shape index (κ1) is 19.7. The normalized spacial score (nSPS) is 11.0. The standard InChI is InChI=1S/C19H20FNO4S/c1-4-12-21(26(23,24)17-10-8-16(20)9-11-17)18-13-15(7-6-14(18)3)19(22)25-5-2/h4,6-11,13H,1,5,12H2,2-3H3. The highest BCUT2D eigenvalue weighted by atomic mass is 32.2. The van der Waals surface area contributed by atoms with Crippen molar-refractivity contribution in [1.29, 1.82) is 0 Å². The van der Waals surface area contributed by atoms with E-state index in [0.717, 1.165) is 16.4 Å². The van der Waals surface area contributed by atoms with Gasteiger partial charge in [0, 0.05) is 0 Å². The highest BCUT2D eigenvalue weighted by Crippen LogP contribution is 2.28. The molecule has 0 aromatic heterocycles. The zero-order valence-electron chi connectivity index (χ0n) is 14.6. The van der Waals surface area contributed by atoms with Crippen LogP contribution in [0.5, 0.6) is 0 Å². The topological polar surface area (TPSA) is 63.7 Å². The van der Waals surface area contributed by atoms with E-state index >= 15 is 0 Å². The lowest BCUT2D eigenvalue weighted by atomic mass is 10.1. The second-order valence-electron chi connectivity index (χ2n) is 5.50. The molecule has 0 saturated heterocycles. The predicted octanol–water partition coefficient (Wildman–Crippen LogP) is 3.69. The van der Waals surface area contributed by atoms with Crippen LogP contribution in [0.15, 0.2) is 60.0 Å². The molecule has 138 valence electrons. The van der Waals surface area contributed by atoms with Crippen LogP contribution in [-0.4, -0.2) is 27.5 Å². The van der Waals surface area contributed by atoms with E-state index in [4.69, 9.17) is 4.74 Å². The summed E-state index contributed by atoms with van der Waals surface area (Å²) in [7, 11) is -3.97. The molecule has 26 heavy (non-hydrogen) atoms. The summed E-state index contributed by atoms with van der Waals surface area (Å²) in [6.45, 7) is 7.24. The summed E-state index contributed by atoms with van der Waals surface area (Å²) in [6, 6.07) is 9.27. The molecular weight excluding hydrogens is 357 g/mol. The van der Waals surface area contributed by atoms with Gasteiger partial charge >= 0.3 is 5.97 Å². The Morgan fingerprint density at radius 1 is 1.23 bits per heavy atom. The fourth-order valence-corrected chi connectivity index (χ4v) is 3.89. The first-order valence-electron chi connectivity index (χ1n) is 7.98. The van der Waals surface area contributed by atoms with Crippen molar-refractivity contribution in [2.24, 2.45) is 0 Å². The van der Waals surface area contributed by atoms with E-state index in [-0.39, 0.29) is 23.6 Å². The number of sulfonamides is 1. The van der Waals surface area contributed by atoms with Crippen LogP contribution in [0.1, 0.15) is 22.8 Å². The lowest BCUT2D eigenvalue weighted by molar-refractivity contribution is 0.0526. The molecule has 2 aromatic rings. The van der Waals surface area contributed by atoms with Crippen molar-refractivity contribution < 1.29 is 22.3 Å². The minimum atomic E-state index is -3.97. The van der Waals surface area contributed by atoms with E-state index in [1.807, 2.05) is 0 Å². The minimum absolute atomic E-state index is 0.00711. The first-order chi connectivity index (χ1) is 12.3. The molecule has 0 aliphatic rings. The number of nitrogens with zero attached hydrogens (tertiary/aromatic N) is 1. The molecule has 0 heterocycles. The molecule has 0 N–H and O–H groups in total. The molecule has 0 bridgehead atoms. The number of ether oxygens (including phenoxy) is 1. The number of hydrogen-bond donors (Lipinski definition) is 0. The van der Waals surface area contributed by atoms with Gasteiger partial charge in [-0.3, -0.25) is 4.31 Å². The van der Waals surface area contributed by atoms with Gasteiger partial charge in [0.05, 0.1) is 29.3 Å². The van der Waals surface area contributed by atoms with Crippen LogP contribution in [0, 0.1) is 12.7 Å². The van der Waals surface area contributed by atoms with Gasteiger partial charge in [0.1, 0.15) is 5.82 Å². The van der Waals surface area contributed by atoms with Gasteiger partial charge in [-0.25, -0.2) is 17.6 Å². The number of carbonyl (C=O) groups excluding carboxylic acids is 1. The van der Waals surface area contributed by atoms with Gasteiger partial charge in [0.15, 0.2) is 0 Å². The van der Waals surface area contributed by atoms with Gasteiger partial charge in [-0.2, -0.15) is 0 Å². The lowest BCUT2D eigenvalue weighted by Crippen LogP contribution is -2.32. The van der Waals surface area contributed by atoms with E-state index in [0.29, 0.717) is 11.3 Å². The second-order valence-corrected chi connectivity index (χ2v) is 7.36. The monoisotopic (exact) mass is 377 g/mol. The van der Waals surface area contributed by atoms with Crippen LogP contribution in [0.2, 0.25) is 0 Å². The summed E-state index contributed by atoms with van der Waals surface area (Å²) in [5.74, 6) is -1.06. The Hall–Kier alpha value is -2.67. The van der Waals surface area contributed by atoms with Gasteiger partial charge in [0.2, 0.25) is 0 Å². The van der Waals surface area contributed by atoms with Crippen LogP contribution in [0.25, 0.3) is 0 Å². The minimum Gasteiger partial charge on any atom is -0.462 e. The molecule has 0 radical (unpaired) electrons. The van der Waals surface area contributed by atoms with E-state index in [2.05, 4.69) is 6.58 Å². The number of rotatable bonds is 7. The smallest absolute Gasteiger partial charge is 0.338 e. The Morgan fingerprint density at radius 3 is 2.46 bits per heavy atom. The number of esters is 1. The molecule has 0 spiro atoms. The molecular formula is C19H20FNO4S. The van der Waals surface area contributed by atoms with Crippen LogP contribution in [0.3, 0.4) is 0 Å². The maximum Gasteiger partial charge on any atom is 0.338 e. The van der Waals surface area contributed by atoms with Crippen molar-refractivity contribution in [3.63, 3.8) is 0 Å². The molecule has 0 saturated carbocycles. The zero-order valence-corrected chi connectivity index (χ0v) is 15.4. The highest BCUT2D eigenvalue weighted by molar-refractivity contribution is 7.92. The highest BCUT2D eigenvalue weighted by Gasteiger charge is 2.26. The molecule has 2 rings (SSSR count). The largest absolute Gasteiger partial charge is 0.462 e. The maximum atomic E-state index is 13.1. The summed E-state index contributed by atoms with van der Waals surface area (Å²) in [5, 5.41) is 0. The van der Waals surface area contributed by atoms with Crippen molar-refractivity contribution in [2.75, 3.05) is 17.5 Å². The zero-order chi connectivity index (χ0) is 19.3. The third kappa shape index (κ3) is 4.11. The molecule has 0 atom stereocenters. The van der Waals surface area contributed by atoms with Crippen molar-refractivity contribution >= 4 is 21.7 Å². The Bertz CT molecular complexity index is 908. The van der Waals surface area contributed by atoms with Crippen molar-refractivity contribution in [3.8, 4) is 0 Å². The number of anilines is 1. The third-order valence-corrected chi connectivity index (χ3v) is 5.48. The predicted molar refractivity (Wildman–Crippen MR) is 98.3 cm³/mol. The second kappa shape index (κ2) is 8.14. The van der Waals surface area contributed by atoms with E-state index in [1.54, 1.807) is 26.0 Å². The number of halogens is 1. The Kier molecular flexibility index (Phi) is 6.15. The van der Waals surface area contributed by atoms with Crippen LogP contribution < -0.4 is 4.31 Å². The molecule has 7 heteroatoms. The molecule has 5 nitrogen and oxygen atoms in total. The van der Waals surface area contributed by atoms with Crippen LogP contribution in [0.4, 0.5) is 10.1 Å². The van der Waals surface area contributed by atoms with Gasteiger partial charge in [-0.1, -0.05) is 12.1 Å². The van der Waals surface area contributed by atoms with Gasteiger partial charge in [-0.15, -0.1) is 6.58 Å². The summed E-state index contributed by atoms with van der Waals surface area (Å²) in [6.07, 6.45) is 1.44. The molecule has 0 aliphatic carbocycles. The molecule has 0 unspecified atom stereocenters. The number of aryl methyl sites for hydroxylation is 1. The average molecular weight is 377 g/mol. The third-order valence-electron chi connectivity index (χ3n) is 3.69. The Balaban J connectivity index is 2.56. The SMILES string of the molecule is C=CCN(c1cc(C(=O)OCC)ccc1C)S(=O)(=O)c1ccc(F)cc1. The summed E-state index contributed by atoms with van der Waals surface area (Å²) in [4.78, 5) is 11.9. The molecule has 0 fully saturated rings. The molecule has 0 amide bonds. The summed E-state index contributed by atoms with van der Waals surface area (Å²) in [5.41, 5.74) is 1.24. The number of carbonyl (C=O) groups is 1. The van der Waals surface area contributed by atoms with Crippen molar-refractivity contribution in [1.82, 2.24) is 0 Å². The average Bonchev–Trinajstić information content (AvgIpc) is 2.61. The van der Waals surface area contributed by atoms with Crippen LogP contribution >= 0.6 is 0 Å².